The highest BCUT2D eigenvalue weighted by molar-refractivity contribution is 5.20. The quantitative estimate of drug-likeness (QED) is 0.767. The van der Waals surface area contributed by atoms with E-state index in [2.05, 4.69) is 27.9 Å². The maximum Gasteiger partial charge on any atom is 0.137 e. The third-order valence-corrected chi connectivity index (χ3v) is 3.26. The Morgan fingerprint density at radius 3 is 2.29 bits per heavy atom. The second-order valence-corrected chi connectivity index (χ2v) is 5.33. The lowest BCUT2D eigenvalue weighted by Gasteiger charge is -2.35. The molecule has 0 aliphatic carbocycles. The van der Waals surface area contributed by atoms with Crippen molar-refractivity contribution in [3.05, 3.63) is 30.3 Å². The zero-order chi connectivity index (χ0) is 12.9. The summed E-state index contributed by atoms with van der Waals surface area (Å²) in [7, 11) is 4.24. The number of hydrogen-bond acceptors (Lipinski definition) is 2. The fraction of sp³-hybridized carbons (Fsp3) is 0.571. The molecule has 1 N–H and O–H groups in total. The largest absolute Gasteiger partial charge is 0.491 e. The van der Waals surface area contributed by atoms with E-state index in [1.54, 1.807) is 0 Å². The molecular formula is C14H24NO2+. The summed E-state index contributed by atoms with van der Waals surface area (Å²) in [5, 5.41) is 9.95. The number of para-hydroxylation sites is 1. The Morgan fingerprint density at radius 1 is 1.18 bits per heavy atom. The monoisotopic (exact) mass is 238 g/mol. The summed E-state index contributed by atoms with van der Waals surface area (Å²) in [6.07, 6.45) is -0.437. The predicted octanol–water partition coefficient (Wildman–Crippen LogP) is 1.91. The van der Waals surface area contributed by atoms with Crippen LogP contribution in [-0.4, -0.2) is 49.0 Å². The van der Waals surface area contributed by atoms with Crippen LogP contribution in [0.1, 0.15) is 13.8 Å². The van der Waals surface area contributed by atoms with E-state index in [-0.39, 0.29) is 0 Å². The van der Waals surface area contributed by atoms with Gasteiger partial charge in [0.1, 0.15) is 25.0 Å². The molecule has 1 atom stereocenters. The standard InChI is InChI=1S/C14H24NO2/c1-12(2)15(3,4)10-13(16)11-17-14-8-6-5-7-9-14/h5-9,12-13,16H,10-11H2,1-4H3/q+1. The molecule has 1 rings (SSSR count). The second kappa shape index (κ2) is 6.03. The molecule has 0 amide bonds. The Morgan fingerprint density at radius 2 is 1.76 bits per heavy atom. The average Bonchev–Trinajstić information content (AvgIpc) is 2.27. The molecule has 96 valence electrons. The van der Waals surface area contributed by atoms with E-state index in [1.807, 2.05) is 30.3 Å². The van der Waals surface area contributed by atoms with E-state index in [0.717, 1.165) is 10.2 Å². The van der Waals surface area contributed by atoms with Crippen LogP contribution in [0.5, 0.6) is 5.75 Å². The molecule has 1 aromatic carbocycles. The first kappa shape index (κ1) is 14.0. The van der Waals surface area contributed by atoms with Gasteiger partial charge in [-0.2, -0.15) is 0 Å². The van der Waals surface area contributed by atoms with Gasteiger partial charge in [-0.05, 0) is 26.0 Å². The van der Waals surface area contributed by atoms with Crippen LogP contribution in [0.4, 0.5) is 0 Å². The molecule has 3 heteroatoms. The zero-order valence-corrected chi connectivity index (χ0v) is 11.3. The summed E-state index contributed by atoms with van der Waals surface area (Å²) < 4.78 is 6.32. The molecule has 0 aliphatic heterocycles. The zero-order valence-electron chi connectivity index (χ0n) is 11.3. The van der Waals surface area contributed by atoms with Crippen molar-refractivity contribution in [3.8, 4) is 5.75 Å². The lowest BCUT2D eigenvalue weighted by atomic mass is 10.2. The average molecular weight is 238 g/mol. The number of nitrogens with zero attached hydrogens (tertiary/aromatic N) is 1. The minimum Gasteiger partial charge on any atom is -0.491 e. The summed E-state index contributed by atoms with van der Waals surface area (Å²) in [5.74, 6) is 0.807. The summed E-state index contributed by atoms with van der Waals surface area (Å²) in [6.45, 7) is 5.36. The van der Waals surface area contributed by atoms with E-state index in [4.69, 9.17) is 4.74 Å². The maximum atomic E-state index is 9.95. The first-order valence-electron chi connectivity index (χ1n) is 6.10. The first-order chi connectivity index (χ1) is 7.92. The van der Waals surface area contributed by atoms with Crippen molar-refractivity contribution in [2.75, 3.05) is 27.2 Å². The maximum absolute atomic E-state index is 9.95. The number of hydrogen-bond donors (Lipinski definition) is 1. The molecule has 0 fully saturated rings. The first-order valence-corrected chi connectivity index (χ1v) is 6.10. The van der Waals surface area contributed by atoms with Crippen LogP contribution < -0.4 is 4.74 Å². The highest BCUT2D eigenvalue weighted by atomic mass is 16.5. The SMILES string of the molecule is CC(C)[N+](C)(C)CC(O)COc1ccccc1. The highest BCUT2D eigenvalue weighted by Crippen LogP contribution is 2.11. The summed E-state index contributed by atoms with van der Waals surface area (Å²) in [6, 6.07) is 10.1. The van der Waals surface area contributed by atoms with Gasteiger partial charge >= 0.3 is 0 Å². The van der Waals surface area contributed by atoms with Crippen molar-refractivity contribution < 1.29 is 14.3 Å². The second-order valence-electron chi connectivity index (χ2n) is 5.33. The molecule has 0 heterocycles. The van der Waals surface area contributed by atoms with E-state index in [0.29, 0.717) is 19.2 Å². The van der Waals surface area contributed by atoms with Gasteiger partial charge in [-0.1, -0.05) is 18.2 Å². The van der Waals surface area contributed by atoms with Gasteiger partial charge in [0, 0.05) is 0 Å². The molecule has 0 aliphatic rings. The van der Waals surface area contributed by atoms with Gasteiger partial charge in [0.25, 0.3) is 0 Å². The van der Waals surface area contributed by atoms with Crippen molar-refractivity contribution in [2.45, 2.75) is 26.0 Å². The van der Waals surface area contributed by atoms with Crippen molar-refractivity contribution in [1.29, 1.82) is 0 Å². The van der Waals surface area contributed by atoms with Gasteiger partial charge in [-0.3, -0.25) is 0 Å². The molecule has 0 saturated heterocycles. The summed E-state index contributed by atoms with van der Waals surface area (Å²) >= 11 is 0. The van der Waals surface area contributed by atoms with Gasteiger partial charge < -0.3 is 14.3 Å². The van der Waals surface area contributed by atoms with Crippen LogP contribution in [0, 0.1) is 0 Å². The molecule has 0 radical (unpaired) electrons. The number of benzene rings is 1. The Kier molecular flexibility index (Phi) is 4.97. The van der Waals surface area contributed by atoms with E-state index >= 15 is 0 Å². The van der Waals surface area contributed by atoms with Gasteiger partial charge in [-0.15, -0.1) is 0 Å². The van der Waals surface area contributed by atoms with Gasteiger partial charge in [0.05, 0.1) is 20.1 Å². The lowest BCUT2D eigenvalue weighted by molar-refractivity contribution is -0.914. The molecule has 3 nitrogen and oxygen atoms in total. The summed E-state index contributed by atoms with van der Waals surface area (Å²) in [4.78, 5) is 0. The number of aliphatic hydroxyl groups excluding tert-OH is 1. The number of likely N-dealkylation sites (N-methyl/N-ethyl adjacent to an activating group) is 1. The minimum atomic E-state index is -0.437. The Bertz CT molecular complexity index is 322. The van der Waals surface area contributed by atoms with Crippen LogP contribution in [0.25, 0.3) is 0 Å². The molecule has 17 heavy (non-hydrogen) atoms. The van der Waals surface area contributed by atoms with Gasteiger partial charge in [-0.25, -0.2) is 0 Å². The minimum absolute atomic E-state index is 0.346. The van der Waals surface area contributed by atoms with Crippen LogP contribution in [0.15, 0.2) is 30.3 Å². The van der Waals surface area contributed by atoms with Crippen molar-refractivity contribution in [1.82, 2.24) is 0 Å². The number of rotatable bonds is 6. The lowest BCUT2D eigenvalue weighted by Crippen LogP contribution is -2.51. The molecular weight excluding hydrogens is 214 g/mol. The van der Waals surface area contributed by atoms with Gasteiger partial charge in [0.2, 0.25) is 0 Å². The Labute approximate surface area is 104 Å². The number of aliphatic hydroxyl groups is 1. The fourth-order valence-electron chi connectivity index (χ4n) is 1.52. The van der Waals surface area contributed by atoms with Crippen molar-refractivity contribution in [3.63, 3.8) is 0 Å². The van der Waals surface area contributed by atoms with E-state index in [1.165, 1.54) is 0 Å². The third-order valence-electron chi connectivity index (χ3n) is 3.26. The normalized spacial score (nSPS) is 13.8. The highest BCUT2D eigenvalue weighted by Gasteiger charge is 2.24. The summed E-state index contributed by atoms with van der Waals surface area (Å²) in [5.41, 5.74) is 0. The predicted molar refractivity (Wildman–Crippen MR) is 70.1 cm³/mol. The molecule has 0 bridgehead atoms. The van der Waals surface area contributed by atoms with Crippen LogP contribution in [0.2, 0.25) is 0 Å². The number of quaternary nitrogens is 1. The topological polar surface area (TPSA) is 29.5 Å². The molecule has 1 aromatic rings. The van der Waals surface area contributed by atoms with Crippen LogP contribution in [-0.2, 0) is 0 Å². The Balaban J connectivity index is 2.38. The van der Waals surface area contributed by atoms with Gasteiger partial charge in [0.15, 0.2) is 0 Å². The third kappa shape index (κ3) is 4.75. The molecule has 0 spiro atoms. The molecule has 0 aromatic heterocycles. The molecule has 0 saturated carbocycles. The van der Waals surface area contributed by atoms with Crippen LogP contribution in [0.3, 0.4) is 0 Å². The Hall–Kier alpha value is -1.06. The van der Waals surface area contributed by atoms with Crippen molar-refractivity contribution >= 4 is 0 Å². The van der Waals surface area contributed by atoms with Crippen LogP contribution >= 0.6 is 0 Å². The van der Waals surface area contributed by atoms with Crippen molar-refractivity contribution in [2.24, 2.45) is 0 Å². The fourth-order valence-corrected chi connectivity index (χ4v) is 1.52. The van der Waals surface area contributed by atoms with E-state index in [9.17, 15) is 5.11 Å². The number of ether oxygens (including phenoxy) is 1. The van der Waals surface area contributed by atoms with E-state index < -0.39 is 6.10 Å². The smallest absolute Gasteiger partial charge is 0.137 e. The molecule has 1 unspecified atom stereocenters.